The maximum atomic E-state index is 12.4. The highest BCUT2D eigenvalue weighted by molar-refractivity contribution is 5.94. The fourth-order valence-electron chi connectivity index (χ4n) is 3.19. The molecule has 1 aromatic rings. The fraction of sp³-hybridized carbons (Fsp3) is 0.438. The Labute approximate surface area is 128 Å². The number of carbonyl (C=O) groups excluding carboxylic acids is 2. The van der Waals surface area contributed by atoms with Crippen molar-refractivity contribution in [2.45, 2.75) is 18.9 Å². The molecular weight excluding hydrogens is 284 g/mol. The first-order chi connectivity index (χ1) is 10.6. The minimum Gasteiger partial charge on any atom is -0.481 e. The molecule has 0 saturated carbocycles. The highest BCUT2D eigenvalue weighted by Gasteiger charge is 2.40. The van der Waals surface area contributed by atoms with Crippen LogP contribution in [-0.4, -0.2) is 58.4 Å². The molecule has 6 nitrogen and oxygen atoms in total. The second-order valence-electron chi connectivity index (χ2n) is 5.85. The molecule has 2 fully saturated rings. The van der Waals surface area contributed by atoms with Crippen LogP contribution >= 0.6 is 0 Å². The van der Waals surface area contributed by atoms with Gasteiger partial charge < -0.3 is 14.9 Å². The van der Waals surface area contributed by atoms with Crippen molar-refractivity contribution in [2.75, 3.05) is 19.6 Å². The Balaban J connectivity index is 1.64. The quantitative estimate of drug-likeness (QED) is 0.897. The molecule has 0 radical (unpaired) electrons. The summed E-state index contributed by atoms with van der Waals surface area (Å²) >= 11 is 0. The number of benzene rings is 1. The van der Waals surface area contributed by atoms with Gasteiger partial charge in [0.05, 0.1) is 12.0 Å². The fourth-order valence-corrected chi connectivity index (χ4v) is 3.19. The van der Waals surface area contributed by atoms with E-state index in [0.29, 0.717) is 25.1 Å². The zero-order chi connectivity index (χ0) is 15.7. The molecule has 2 aliphatic heterocycles. The largest absolute Gasteiger partial charge is 0.481 e. The van der Waals surface area contributed by atoms with Gasteiger partial charge in [0.25, 0.3) is 5.91 Å². The lowest BCUT2D eigenvalue weighted by Gasteiger charge is -2.24. The second-order valence-corrected chi connectivity index (χ2v) is 5.85. The van der Waals surface area contributed by atoms with E-state index >= 15 is 0 Å². The predicted molar refractivity (Wildman–Crippen MR) is 78.2 cm³/mol. The summed E-state index contributed by atoms with van der Waals surface area (Å²) in [6.45, 7) is 1.33. The Morgan fingerprint density at radius 2 is 1.86 bits per heavy atom. The average Bonchev–Trinajstić information content (AvgIpc) is 3.14. The summed E-state index contributed by atoms with van der Waals surface area (Å²) in [6, 6.07) is 8.99. The Bertz CT molecular complexity index is 601. The van der Waals surface area contributed by atoms with Crippen molar-refractivity contribution in [3.63, 3.8) is 0 Å². The summed E-state index contributed by atoms with van der Waals surface area (Å²) in [7, 11) is 0. The number of rotatable bonds is 3. The van der Waals surface area contributed by atoms with E-state index < -0.39 is 11.9 Å². The van der Waals surface area contributed by atoms with Crippen LogP contribution in [0.25, 0.3) is 0 Å². The molecular formula is C16H18N2O4. The molecule has 116 valence electrons. The number of hydrogen-bond acceptors (Lipinski definition) is 3. The standard InChI is InChI=1S/C16H18N2O4/c19-14-8-12(16(21)22)9-18(14)13-6-7-17(10-13)15(20)11-4-2-1-3-5-11/h1-5,12-13H,6-10H2,(H,21,22). The smallest absolute Gasteiger partial charge is 0.308 e. The van der Waals surface area contributed by atoms with Crippen LogP contribution < -0.4 is 0 Å². The number of hydrogen-bond donors (Lipinski definition) is 1. The normalized spacial score (nSPS) is 24.8. The van der Waals surface area contributed by atoms with E-state index in [0.717, 1.165) is 0 Å². The van der Waals surface area contributed by atoms with E-state index in [2.05, 4.69) is 0 Å². The van der Waals surface area contributed by atoms with E-state index in [1.165, 1.54) is 0 Å². The van der Waals surface area contributed by atoms with Gasteiger partial charge >= 0.3 is 5.97 Å². The third-order valence-electron chi connectivity index (χ3n) is 4.42. The summed E-state index contributed by atoms with van der Waals surface area (Å²) in [5.74, 6) is -1.70. The number of amides is 2. The highest BCUT2D eigenvalue weighted by Crippen LogP contribution is 2.26. The van der Waals surface area contributed by atoms with Gasteiger partial charge in [0, 0.05) is 31.6 Å². The maximum Gasteiger partial charge on any atom is 0.308 e. The molecule has 2 saturated heterocycles. The number of likely N-dealkylation sites (tertiary alicyclic amines) is 2. The lowest BCUT2D eigenvalue weighted by molar-refractivity contribution is -0.141. The van der Waals surface area contributed by atoms with Gasteiger partial charge in [0.15, 0.2) is 0 Å². The van der Waals surface area contributed by atoms with Gasteiger partial charge in [-0.3, -0.25) is 14.4 Å². The van der Waals surface area contributed by atoms with E-state index in [1.807, 2.05) is 18.2 Å². The Kier molecular flexibility index (Phi) is 3.83. The first-order valence-electron chi connectivity index (χ1n) is 7.43. The molecule has 2 amide bonds. The monoisotopic (exact) mass is 302 g/mol. The van der Waals surface area contributed by atoms with Crippen LogP contribution in [0.15, 0.2) is 30.3 Å². The lowest BCUT2D eigenvalue weighted by atomic mass is 10.1. The minimum atomic E-state index is -0.925. The van der Waals surface area contributed by atoms with Crippen molar-refractivity contribution in [3.05, 3.63) is 35.9 Å². The summed E-state index contributed by atoms with van der Waals surface area (Å²) < 4.78 is 0. The molecule has 2 heterocycles. The summed E-state index contributed by atoms with van der Waals surface area (Å²) in [5, 5.41) is 9.04. The van der Waals surface area contributed by atoms with Crippen molar-refractivity contribution in [2.24, 2.45) is 5.92 Å². The topological polar surface area (TPSA) is 77.9 Å². The number of aliphatic carboxylic acids is 1. The van der Waals surface area contributed by atoms with Gasteiger partial charge in [0.2, 0.25) is 5.91 Å². The number of nitrogens with zero attached hydrogens (tertiary/aromatic N) is 2. The van der Waals surface area contributed by atoms with E-state index in [9.17, 15) is 14.4 Å². The first kappa shape index (κ1) is 14.6. The molecule has 2 aliphatic rings. The molecule has 22 heavy (non-hydrogen) atoms. The van der Waals surface area contributed by atoms with Crippen LogP contribution in [0.5, 0.6) is 0 Å². The average molecular weight is 302 g/mol. The van der Waals surface area contributed by atoms with E-state index in [4.69, 9.17) is 5.11 Å². The van der Waals surface area contributed by atoms with Crippen molar-refractivity contribution < 1.29 is 19.5 Å². The number of carbonyl (C=O) groups is 3. The zero-order valence-electron chi connectivity index (χ0n) is 12.1. The highest BCUT2D eigenvalue weighted by atomic mass is 16.4. The van der Waals surface area contributed by atoms with Crippen molar-refractivity contribution in [1.29, 1.82) is 0 Å². The molecule has 0 spiro atoms. The molecule has 2 unspecified atom stereocenters. The summed E-state index contributed by atoms with van der Waals surface area (Å²) in [5.41, 5.74) is 0.638. The predicted octanol–water partition coefficient (Wildman–Crippen LogP) is 0.834. The van der Waals surface area contributed by atoms with Crippen LogP contribution in [-0.2, 0) is 9.59 Å². The minimum absolute atomic E-state index is 0.0375. The van der Waals surface area contributed by atoms with Crippen molar-refractivity contribution in [1.82, 2.24) is 9.80 Å². The number of carboxylic acids is 1. The van der Waals surface area contributed by atoms with E-state index in [-0.39, 0.29) is 30.8 Å². The zero-order valence-corrected chi connectivity index (χ0v) is 12.1. The SMILES string of the molecule is O=C(O)C1CC(=O)N(C2CCN(C(=O)c3ccccc3)C2)C1. The molecule has 6 heteroatoms. The lowest BCUT2D eigenvalue weighted by Crippen LogP contribution is -2.40. The molecule has 3 rings (SSSR count). The summed E-state index contributed by atoms with van der Waals surface area (Å²) in [6.07, 6.45) is 0.773. The molecule has 1 N–H and O–H groups in total. The van der Waals surface area contributed by atoms with Gasteiger partial charge in [0.1, 0.15) is 0 Å². The first-order valence-corrected chi connectivity index (χ1v) is 7.43. The van der Waals surface area contributed by atoms with Crippen LogP contribution in [0.1, 0.15) is 23.2 Å². The maximum absolute atomic E-state index is 12.4. The summed E-state index contributed by atoms with van der Waals surface area (Å²) in [4.78, 5) is 38.8. The van der Waals surface area contributed by atoms with Gasteiger partial charge in [-0.05, 0) is 18.6 Å². The van der Waals surface area contributed by atoms with Gasteiger partial charge in [-0.2, -0.15) is 0 Å². The molecule has 2 atom stereocenters. The van der Waals surface area contributed by atoms with Gasteiger partial charge in [-0.15, -0.1) is 0 Å². The third-order valence-corrected chi connectivity index (χ3v) is 4.42. The van der Waals surface area contributed by atoms with Crippen LogP contribution in [0.3, 0.4) is 0 Å². The van der Waals surface area contributed by atoms with Crippen molar-refractivity contribution >= 4 is 17.8 Å². The van der Waals surface area contributed by atoms with Crippen LogP contribution in [0.2, 0.25) is 0 Å². The van der Waals surface area contributed by atoms with Crippen molar-refractivity contribution in [3.8, 4) is 0 Å². The van der Waals surface area contributed by atoms with Crippen LogP contribution in [0, 0.1) is 5.92 Å². The van der Waals surface area contributed by atoms with E-state index in [1.54, 1.807) is 21.9 Å². The molecule has 0 aliphatic carbocycles. The third kappa shape index (κ3) is 2.68. The number of carboxylic acid groups (broad SMARTS) is 1. The Hall–Kier alpha value is -2.37. The Morgan fingerprint density at radius 1 is 1.14 bits per heavy atom. The van der Waals surface area contributed by atoms with Crippen LogP contribution in [0.4, 0.5) is 0 Å². The molecule has 0 bridgehead atoms. The Morgan fingerprint density at radius 3 is 2.50 bits per heavy atom. The molecule has 1 aromatic carbocycles. The van der Waals surface area contributed by atoms with Gasteiger partial charge in [-0.1, -0.05) is 18.2 Å². The second kappa shape index (κ2) is 5.79. The molecule has 0 aromatic heterocycles. The van der Waals surface area contributed by atoms with Gasteiger partial charge in [-0.25, -0.2) is 0 Å².